The van der Waals surface area contributed by atoms with Crippen molar-refractivity contribution in [2.45, 2.75) is 33.4 Å². The number of rotatable bonds is 7. The van der Waals surface area contributed by atoms with E-state index in [1.54, 1.807) is 43.3 Å². The Morgan fingerprint density at radius 2 is 1.72 bits per heavy atom. The van der Waals surface area contributed by atoms with Crippen LogP contribution in [0.4, 0.5) is 5.13 Å². The highest BCUT2D eigenvalue weighted by Gasteiger charge is 2.48. The molecule has 2 heterocycles. The number of carbonyl (C=O) groups excluding carboxylic acids is 3. The van der Waals surface area contributed by atoms with Crippen LogP contribution in [0.3, 0.4) is 0 Å². The largest absolute Gasteiger partial charge is 0.507 e. The minimum absolute atomic E-state index is 0.0544. The Bertz CT molecular complexity index is 1610. The molecule has 1 aliphatic heterocycles. The van der Waals surface area contributed by atoms with Crippen molar-refractivity contribution in [1.82, 2.24) is 4.98 Å². The highest BCUT2D eigenvalue weighted by Crippen LogP contribution is 2.44. The van der Waals surface area contributed by atoms with E-state index in [9.17, 15) is 19.5 Å². The number of hydrogen-bond donors (Lipinski definition) is 1. The molecule has 7 nitrogen and oxygen atoms in total. The molecule has 8 heteroatoms. The van der Waals surface area contributed by atoms with Crippen LogP contribution in [0.2, 0.25) is 0 Å². The summed E-state index contributed by atoms with van der Waals surface area (Å²) in [5, 5.41) is 11.6. The van der Waals surface area contributed by atoms with Gasteiger partial charge < -0.3 is 9.84 Å². The van der Waals surface area contributed by atoms with Crippen LogP contribution in [-0.2, 0) is 16.2 Å². The molecule has 1 saturated heterocycles. The topological polar surface area (TPSA) is 96.8 Å². The van der Waals surface area contributed by atoms with Gasteiger partial charge in [-0.2, -0.15) is 0 Å². The summed E-state index contributed by atoms with van der Waals surface area (Å²) in [5.41, 5.74) is 3.37. The van der Waals surface area contributed by atoms with Crippen molar-refractivity contribution in [3.05, 3.63) is 117 Å². The fourth-order valence-electron chi connectivity index (χ4n) is 4.54. The molecule has 1 aliphatic rings. The standard InChI is InChI=1S/C31H26N2O5S/c1-18-12-14-22(15-13-18)27(35)25-26(23-10-7-11-24(16-23)38-17-21-8-5-4-6-9-21)33(30(37)28(25)36)31-32-19(2)29(39-31)20(3)34/h4-16,26,35H,17H2,1-3H3. The number of aliphatic hydroxyl groups is 1. The molecule has 0 saturated carbocycles. The third kappa shape index (κ3) is 5.11. The number of aromatic nitrogens is 1. The molecule has 1 atom stereocenters. The molecular weight excluding hydrogens is 512 g/mol. The highest BCUT2D eigenvalue weighted by atomic mass is 32.1. The average molecular weight is 539 g/mol. The zero-order valence-electron chi connectivity index (χ0n) is 21.7. The van der Waals surface area contributed by atoms with Crippen molar-refractivity contribution in [2.24, 2.45) is 0 Å². The normalized spacial score (nSPS) is 16.5. The Morgan fingerprint density at radius 3 is 2.38 bits per heavy atom. The lowest BCUT2D eigenvalue weighted by molar-refractivity contribution is -0.132. The van der Waals surface area contributed by atoms with Crippen LogP contribution in [-0.4, -0.2) is 27.6 Å². The van der Waals surface area contributed by atoms with E-state index in [0.29, 0.717) is 34.1 Å². The number of aliphatic hydroxyl groups excluding tert-OH is 1. The molecule has 0 bridgehead atoms. The Hall–Kier alpha value is -4.56. The second-order valence-electron chi connectivity index (χ2n) is 9.35. The molecule has 39 heavy (non-hydrogen) atoms. The lowest BCUT2D eigenvalue weighted by Gasteiger charge is -2.23. The summed E-state index contributed by atoms with van der Waals surface area (Å²) >= 11 is 1.05. The van der Waals surface area contributed by atoms with Crippen molar-refractivity contribution in [1.29, 1.82) is 0 Å². The number of anilines is 1. The Morgan fingerprint density at radius 1 is 1.00 bits per heavy atom. The van der Waals surface area contributed by atoms with Gasteiger partial charge in [0.05, 0.1) is 22.2 Å². The Labute approximate surface area is 230 Å². The number of hydrogen-bond acceptors (Lipinski definition) is 7. The van der Waals surface area contributed by atoms with Gasteiger partial charge >= 0.3 is 5.91 Å². The van der Waals surface area contributed by atoms with Gasteiger partial charge in [-0.15, -0.1) is 0 Å². The third-order valence-corrected chi connectivity index (χ3v) is 7.76. The molecule has 0 radical (unpaired) electrons. The summed E-state index contributed by atoms with van der Waals surface area (Å²) in [5.74, 6) is -1.58. The first-order valence-electron chi connectivity index (χ1n) is 12.4. The summed E-state index contributed by atoms with van der Waals surface area (Å²) in [4.78, 5) is 45.2. The first-order valence-corrected chi connectivity index (χ1v) is 13.2. The summed E-state index contributed by atoms with van der Waals surface area (Å²) in [7, 11) is 0. The second kappa shape index (κ2) is 10.7. The van der Waals surface area contributed by atoms with Gasteiger partial charge in [-0.1, -0.05) is 83.6 Å². The van der Waals surface area contributed by atoms with Crippen molar-refractivity contribution in [3.8, 4) is 5.75 Å². The van der Waals surface area contributed by atoms with Crippen molar-refractivity contribution < 1.29 is 24.2 Å². The minimum Gasteiger partial charge on any atom is -0.507 e. The summed E-state index contributed by atoms with van der Waals surface area (Å²) in [6.07, 6.45) is 0. The van der Waals surface area contributed by atoms with Crippen LogP contribution in [0.15, 0.2) is 84.4 Å². The lowest BCUT2D eigenvalue weighted by atomic mass is 9.95. The zero-order chi connectivity index (χ0) is 27.7. The quantitative estimate of drug-likeness (QED) is 0.131. The zero-order valence-corrected chi connectivity index (χ0v) is 22.5. The van der Waals surface area contributed by atoms with E-state index in [2.05, 4.69) is 4.98 Å². The van der Waals surface area contributed by atoms with Gasteiger partial charge in [0.15, 0.2) is 10.9 Å². The second-order valence-corrected chi connectivity index (χ2v) is 10.3. The van der Waals surface area contributed by atoms with Crippen LogP contribution >= 0.6 is 11.3 Å². The molecule has 4 aromatic rings. The van der Waals surface area contributed by atoms with Gasteiger partial charge in [-0.25, -0.2) is 4.98 Å². The molecule has 0 aliphatic carbocycles. The molecule has 5 rings (SSSR count). The van der Waals surface area contributed by atoms with E-state index in [1.165, 1.54) is 11.8 Å². The molecule has 0 spiro atoms. The summed E-state index contributed by atoms with van der Waals surface area (Å²) < 4.78 is 6.01. The van der Waals surface area contributed by atoms with E-state index >= 15 is 0 Å². The number of carbonyl (C=O) groups is 3. The van der Waals surface area contributed by atoms with Gasteiger partial charge in [0, 0.05) is 12.5 Å². The van der Waals surface area contributed by atoms with Crippen molar-refractivity contribution >= 4 is 39.7 Å². The average Bonchev–Trinajstić information content (AvgIpc) is 3.45. The number of ketones is 2. The van der Waals surface area contributed by atoms with Gasteiger partial charge in [-0.05, 0) is 37.1 Å². The number of thiazole rings is 1. The maximum atomic E-state index is 13.5. The van der Waals surface area contributed by atoms with Gasteiger partial charge in [-0.3, -0.25) is 19.3 Å². The van der Waals surface area contributed by atoms with Crippen LogP contribution in [0.1, 0.15) is 50.6 Å². The van der Waals surface area contributed by atoms with Gasteiger partial charge in [0.2, 0.25) is 0 Å². The highest BCUT2D eigenvalue weighted by molar-refractivity contribution is 7.18. The van der Waals surface area contributed by atoms with E-state index in [1.807, 2.05) is 49.4 Å². The molecule has 1 amide bonds. The molecular formula is C31H26N2O5S. The van der Waals surface area contributed by atoms with Gasteiger partial charge in [0.25, 0.3) is 5.78 Å². The summed E-state index contributed by atoms with van der Waals surface area (Å²) in [6.45, 7) is 5.37. The number of aryl methyl sites for hydroxylation is 2. The Balaban J connectivity index is 1.63. The molecule has 3 aromatic carbocycles. The number of ether oxygens (including phenoxy) is 1. The monoisotopic (exact) mass is 538 g/mol. The van der Waals surface area contributed by atoms with Crippen LogP contribution in [0.25, 0.3) is 5.76 Å². The van der Waals surface area contributed by atoms with Gasteiger partial charge in [0.1, 0.15) is 18.1 Å². The SMILES string of the molecule is CC(=O)c1sc(N2C(=O)C(=O)C(=C(O)c3ccc(C)cc3)C2c2cccc(OCc3ccccc3)c2)nc1C. The predicted molar refractivity (Wildman–Crippen MR) is 150 cm³/mol. The predicted octanol–water partition coefficient (Wildman–Crippen LogP) is 6.17. The third-order valence-electron chi connectivity index (χ3n) is 6.50. The lowest BCUT2D eigenvalue weighted by Crippen LogP contribution is -2.29. The smallest absolute Gasteiger partial charge is 0.301 e. The maximum Gasteiger partial charge on any atom is 0.301 e. The fourth-order valence-corrected chi connectivity index (χ4v) is 5.53. The number of benzene rings is 3. The molecule has 1 unspecified atom stereocenters. The first kappa shape index (κ1) is 26.1. The minimum atomic E-state index is -0.975. The van der Waals surface area contributed by atoms with E-state index < -0.39 is 17.7 Å². The van der Waals surface area contributed by atoms with Crippen LogP contribution in [0.5, 0.6) is 5.75 Å². The van der Waals surface area contributed by atoms with E-state index in [4.69, 9.17) is 4.74 Å². The van der Waals surface area contributed by atoms with Crippen LogP contribution in [0, 0.1) is 13.8 Å². The van der Waals surface area contributed by atoms with Crippen molar-refractivity contribution in [3.63, 3.8) is 0 Å². The Kier molecular flexibility index (Phi) is 7.13. The molecule has 1 fully saturated rings. The number of amides is 1. The maximum absolute atomic E-state index is 13.5. The summed E-state index contributed by atoms with van der Waals surface area (Å²) in [6, 6.07) is 22.9. The molecule has 196 valence electrons. The molecule has 1 N–H and O–H groups in total. The van der Waals surface area contributed by atoms with Crippen LogP contribution < -0.4 is 9.64 Å². The number of Topliss-reactive ketones (excluding diaryl/α,β-unsaturated/α-hetero) is 2. The fraction of sp³-hybridized carbons (Fsp3) is 0.161. The first-order chi connectivity index (χ1) is 18.7. The molecule has 1 aromatic heterocycles. The van der Waals surface area contributed by atoms with E-state index in [-0.39, 0.29) is 22.2 Å². The van der Waals surface area contributed by atoms with E-state index in [0.717, 1.165) is 22.5 Å². The number of nitrogens with zero attached hydrogens (tertiary/aromatic N) is 2. The van der Waals surface area contributed by atoms with Crippen molar-refractivity contribution in [2.75, 3.05) is 4.90 Å².